The van der Waals surface area contributed by atoms with Crippen LogP contribution in [0.25, 0.3) is 0 Å². The smallest absolute Gasteiger partial charge is 0.239 e. The van der Waals surface area contributed by atoms with Crippen molar-refractivity contribution in [3.05, 3.63) is 29.8 Å². The standard InChI is InChI=1S/C16H20N2O5S/c1-21-6-7-22-8-9-23-12-4-2-11(3-5-12)10-13-14(19)17-16(24)18-15(13)20/h2-5,13H,6-10H2,1H3,(H2,17,18,19,20,24). The summed E-state index contributed by atoms with van der Waals surface area (Å²) < 4.78 is 15.7. The van der Waals surface area contributed by atoms with Crippen LogP contribution >= 0.6 is 12.2 Å². The van der Waals surface area contributed by atoms with Gasteiger partial charge in [0.2, 0.25) is 11.8 Å². The molecule has 0 unspecified atom stereocenters. The van der Waals surface area contributed by atoms with E-state index in [-0.39, 0.29) is 16.9 Å². The van der Waals surface area contributed by atoms with Crippen molar-refractivity contribution in [3.63, 3.8) is 0 Å². The minimum Gasteiger partial charge on any atom is -0.491 e. The molecule has 1 saturated heterocycles. The van der Waals surface area contributed by atoms with E-state index in [0.717, 1.165) is 5.56 Å². The van der Waals surface area contributed by atoms with Gasteiger partial charge in [0, 0.05) is 7.11 Å². The second-order valence-electron chi connectivity index (χ2n) is 5.16. The number of benzene rings is 1. The highest BCUT2D eigenvalue weighted by Gasteiger charge is 2.32. The number of carbonyl (C=O) groups excluding carboxylic acids is 2. The van der Waals surface area contributed by atoms with Gasteiger partial charge in [-0.1, -0.05) is 12.1 Å². The number of thiocarbonyl (C=S) groups is 1. The zero-order valence-corrected chi connectivity index (χ0v) is 14.2. The molecule has 0 aromatic heterocycles. The highest BCUT2D eigenvalue weighted by atomic mass is 32.1. The number of ether oxygens (including phenoxy) is 3. The fraction of sp³-hybridized carbons (Fsp3) is 0.438. The minimum absolute atomic E-state index is 0.0534. The molecule has 0 radical (unpaired) electrons. The minimum atomic E-state index is -0.780. The van der Waals surface area contributed by atoms with E-state index in [4.69, 9.17) is 26.4 Å². The van der Waals surface area contributed by atoms with Crippen LogP contribution in [0, 0.1) is 5.92 Å². The summed E-state index contributed by atoms with van der Waals surface area (Å²) in [5.41, 5.74) is 0.863. The van der Waals surface area contributed by atoms with Crippen LogP contribution in [0.1, 0.15) is 5.56 Å². The average molecular weight is 352 g/mol. The monoisotopic (exact) mass is 352 g/mol. The largest absolute Gasteiger partial charge is 0.491 e. The van der Waals surface area contributed by atoms with Gasteiger partial charge in [0.15, 0.2) is 5.11 Å². The summed E-state index contributed by atoms with van der Waals surface area (Å²) in [6.45, 7) is 2.01. The lowest BCUT2D eigenvalue weighted by Crippen LogP contribution is -2.56. The van der Waals surface area contributed by atoms with E-state index in [1.165, 1.54) is 0 Å². The molecule has 1 fully saturated rings. The third kappa shape index (κ3) is 5.55. The van der Waals surface area contributed by atoms with Crippen molar-refractivity contribution >= 4 is 29.1 Å². The summed E-state index contributed by atoms with van der Waals surface area (Å²) in [6, 6.07) is 7.25. The number of methoxy groups -OCH3 is 1. The molecule has 1 aliphatic heterocycles. The summed E-state index contributed by atoms with van der Waals surface area (Å²) in [5.74, 6) is -0.833. The molecule has 1 heterocycles. The Hall–Kier alpha value is -2.03. The Balaban J connectivity index is 1.78. The lowest BCUT2D eigenvalue weighted by atomic mass is 9.96. The molecule has 0 atom stereocenters. The van der Waals surface area contributed by atoms with E-state index in [1.807, 2.05) is 12.1 Å². The molecule has 130 valence electrons. The van der Waals surface area contributed by atoms with E-state index >= 15 is 0 Å². The third-order valence-electron chi connectivity index (χ3n) is 3.40. The number of amides is 2. The van der Waals surface area contributed by atoms with Crippen LogP contribution in [0.2, 0.25) is 0 Å². The van der Waals surface area contributed by atoms with Crippen molar-refractivity contribution in [1.82, 2.24) is 10.6 Å². The molecule has 2 amide bonds. The molecule has 24 heavy (non-hydrogen) atoms. The molecule has 0 spiro atoms. The van der Waals surface area contributed by atoms with Gasteiger partial charge < -0.3 is 24.8 Å². The molecule has 1 aliphatic rings. The number of rotatable bonds is 9. The van der Waals surface area contributed by atoms with Gasteiger partial charge in [-0.05, 0) is 36.3 Å². The summed E-state index contributed by atoms with van der Waals surface area (Å²) in [5, 5.41) is 4.96. The van der Waals surface area contributed by atoms with Crippen LogP contribution in [0.4, 0.5) is 0 Å². The Kier molecular flexibility index (Phi) is 7.10. The maximum Gasteiger partial charge on any atom is 0.239 e. The van der Waals surface area contributed by atoms with Gasteiger partial charge >= 0.3 is 0 Å². The van der Waals surface area contributed by atoms with Crippen LogP contribution in [0.3, 0.4) is 0 Å². The molecule has 7 nitrogen and oxygen atoms in total. The van der Waals surface area contributed by atoms with Gasteiger partial charge in [-0.25, -0.2) is 0 Å². The molecule has 8 heteroatoms. The van der Waals surface area contributed by atoms with Gasteiger partial charge in [0.25, 0.3) is 0 Å². The Labute approximate surface area is 145 Å². The van der Waals surface area contributed by atoms with E-state index in [9.17, 15) is 9.59 Å². The van der Waals surface area contributed by atoms with Crippen LogP contribution < -0.4 is 15.4 Å². The predicted molar refractivity (Wildman–Crippen MR) is 90.7 cm³/mol. The molecule has 0 bridgehead atoms. The van der Waals surface area contributed by atoms with Crippen molar-refractivity contribution in [3.8, 4) is 5.75 Å². The molecule has 0 aliphatic carbocycles. The molecule has 2 N–H and O–H groups in total. The summed E-state index contributed by atoms with van der Waals surface area (Å²) >= 11 is 4.77. The molecule has 1 aromatic rings. The zero-order valence-electron chi connectivity index (χ0n) is 13.4. The fourth-order valence-corrected chi connectivity index (χ4v) is 2.36. The van der Waals surface area contributed by atoms with Gasteiger partial charge in [-0.2, -0.15) is 0 Å². The third-order valence-corrected chi connectivity index (χ3v) is 3.60. The number of carbonyl (C=O) groups is 2. The highest BCUT2D eigenvalue weighted by Crippen LogP contribution is 2.16. The van der Waals surface area contributed by atoms with Crippen LogP contribution in [0.5, 0.6) is 5.75 Å². The van der Waals surface area contributed by atoms with Gasteiger partial charge in [0.1, 0.15) is 18.3 Å². The molecule has 1 aromatic carbocycles. The van der Waals surface area contributed by atoms with Crippen LogP contribution in [-0.4, -0.2) is 50.5 Å². The van der Waals surface area contributed by atoms with Crippen molar-refractivity contribution in [2.75, 3.05) is 33.5 Å². The maximum absolute atomic E-state index is 11.8. The Morgan fingerprint density at radius 2 is 1.62 bits per heavy atom. The topological polar surface area (TPSA) is 85.9 Å². The number of nitrogens with one attached hydrogen (secondary N) is 2. The van der Waals surface area contributed by atoms with Gasteiger partial charge in [0.05, 0.1) is 19.8 Å². The first-order valence-corrected chi connectivity index (χ1v) is 7.95. The summed E-state index contributed by atoms with van der Waals surface area (Å²) in [7, 11) is 1.62. The van der Waals surface area contributed by atoms with Gasteiger partial charge in [-0.3, -0.25) is 9.59 Å². The Morgan fingerprint density at radius 1 is 1.00 bits per heavy atom. The second kappa shape index (κ2) is 9.31. The zero-order chi connectivity index (χ0) is 17.4. The highest BCUT2D eigenvalue weighted by molar-refractivity contribution is 7.80. The van der Waals surface area contributed by atoms with Gasteiger partial charge in [-0.15, -0.1) is 0 Å². The first-order valence-electron chi connectivity index (χ1n) is 7.54. The quantitative estimate of drug-likeness (QED) is 0.381. The van der Waals surface area contributed by atoms with E-state index in [1.54, 1.807) is 19.2 Å². The van der Waals surface area contributed by atoms with Crippen LogP contribution in [-0.2, 0) is 25.5 Å². The Morgan fingerprint density at radius 3 is 2.25 bits per heavy atom. The average Bonchev–Trinajstić information content (AvgIpc) is 2.55. The molecular formula is C16H20N2O5S. The lowest BCUT2D eigenvalue weighted by Gasteiger charge is -2.22. The Bertz CT molecular complexity index is 571. The number of hydrogen-bond donors (Lipinski definition) is 2. The van der Waals surface area contributed by atoms with Crippen molar-refractivity contribution in [2.45, 2.75) is 6.42 Å². The van der Waals surface area contributed by atoms with E-state index in [0.29, 0.717) is 38.6 Å². The maximum atomic E-state index is 11.8. The summed E-state index contributed by atoms with van der Waals surface area (Å²) in [6.07, 6.45) is 0.306. The van der Waals surface area contributed by atoms with E-state index < -0.39 is 5.92 Å². The molecule has 2 rings (SSSR count). The van der Waals surface area contributed by atoms with Crippen molar-refractivity contribution in [1.29, 1.82) is 0 Å². The normalized spacial score (nSPS) is 15.1. The first kappa shape index (κ1) is 18.3. The SMILES string of the molecule is COCCOCCOc1ccc(CC2C(=O)NC(=S)NC2=O)cc1. The predicted octanol–water partition coefficient (Wildman–Crippen LogP) is 0.418. The molecular weight excluding hydrogens is 332 g/mol. The summed E-state index contributed by atoms with van der Waals surface area (Å²) in [4.78, 5) is 23.7. The van der Waals surface area contributed by atoms with Crippen molar-refractivity contribution in [2.24, 2.45) is 5.92 Å². The second-order valence-corrected chi connectivity index (χ2v) is 5.57. The fourth-order valence-electron chi connectivity index (χ4n) is 2.15. The van der Waals surface area contributed by atoms with Crippen LogP contribution in [0.15, 0.2) is 24.3 Å². The lowest BCUT2D eigenvalue weighted by molar-refractivity contribution is -0.135. The van der Waals surface area contributed by atoms with Crippen molar-refractivity contribution < 1.29 is 23.8 Å². The first-order chi connectivity index (χ1) is 11.6. The molecule has 0 saturated carbocycles. The van der Waals surface area contributed by atoms with E-state index in [2.05, 4.69) is 10.6 Å². The number of hydrogen-bond acceptors (Lipinski definition) is 6.